The first-order chi connectivity index (χ1) is 16.6. The van der Waals surface area contributed by atoms with Gasteiger partial charge >= 0.3 is 11.6 Å². The number of esters is 1. The van der Waals surface area contributed by atoms with Crippen molar-refractivity contribution in [1.29, 1.82) is 0 Å². The van der Waals surface area contributed by atoms with E-state index in [2.05, 4.69) is 0 Å². The van der Waals surface area contributed by atoms with Crippen LogP contribution in [-0.2, 0) is 4.79 Å². The molecule has 6 rings (SSSR count). The first-order valence-corrected chi connectivity index (χ1v) is 11.1. The quantitative estimate of drug-likeness (QED) is 0.180. The van der Waals surface area contributed by atoms with Crippen LogP contribution in [0.15, 0.2) is 86.4 Å². The average molecular weight is 452 g/mol. The van der Waals surface area contributed by atoms with E-state index in [1.165, 1.54) is 6.07 Å². The van der Waals surface area contributed by atoms with Crippen LogP contribution in [0.25, 0.3) is 44.4 Å². The predicted molar refractivity (Wildman–Crippen MR) is 128 cm³/mol. The molecule has 6 nitrogen and oxygen atoms in total. The second-order valence-electron chi connectivity index (χ2n) is 8.37. The van der Waals surface area contributed by atoms with Crippen LogP contribution >= 0.6 is 0 Å². The highest BCUT2D eigenvalue weighted by Gasteiger charge is 2.32. The van der Waals surface area contributed by atoms with Crippen molar-refractivity contribution in [1.82, 2.24) is 0 Å². The minimum absolute atomic E-state index is 0.0599. The number of hydrogen-bond acceptors (Lipinski definition) is 6. The Labute approximate surface area is 194 Å². The van der Waals surface area contributed by atoms with E-state index < -0.39 is 5.63 Å². The van der Waals surface area contributed by atoms with Crippen LogP contribution in [0.3, 0.4) is 0 Å². The second kappa shape index (κ2) is 7.92. The van der Waals surface area contributed by atoms with Gasteiger partial charge in [0.1, 0.15) is 17.1 Å². The van der Waals surface area contributed by atoms with Gasteiger partial charge < -0.3 is 18.3 Å². The maximum atomic E-state index is 12.6. The first-order valence-electron chi connectivity index (χ1n) is 11.1. The van der Waals surface area contributed by atoms with Crippen LogP contribution in [0.1, 0.15) is 12.8 Å². The largest absolute Gasteiger partial charge is 0.493 e. The van der Waals surface area contributed by atoms with Gasteiger partial charge in [-0.25, -0.2) is 4.79 Å². The van der Waals surface area contributed by atoms with Crippen molar-refractivity contribution >= 4 is 27.9 Å². The van der Waals surface area contributed by atoms with Gasteiger partial charge in [0.05, 0.1) is 13.0 Å². The molecule has 3 aromatic carbocycles. The van der Waals surface area contributed by atoms with Crippen molar-refractivity contribution in [2.45, 2.75) is 12.8 Å². The number of para-hydroxylation sites is 1. The molecular formula is C28H20O6. The maximum absolute atomic E-state index is 12.6. The molecule has 1 fully saturated rings. The number of carbonyl (C=O) groups is 1. The normalized spacial score (nSPS) is 13.3. The van der Waals surface area contributed by atoms with Crippen LogP contribution < -0.4 is 15.1 Å². The maximum Gasteiger partial charge on any atom is 0.336 e. The molecule has 34 heavy (non-hydrogen) atoms. The summed E-state index contributed by atoms with van der Waals surface area (Å²) in [5, 5.41) is 1.45. The van der Waals surface area contributed by atoms with Gasteiger partial charge in [0.2, 0.25) is 0 Å². The molecule has 6 heteroatoms. The zero-order chi connectivity index (χ0) is 23.2. The SMILES string of the molecule is COc1cccc2cc(-c3cc(=O)oc4cc(-c5ccccc5)c(OC(=O)C5CC5)cc34)oc12. The van der Waals surface area contributed by atoms with Crippen molar-refractivity contribution < 1.29 is 23.1 Å². The summed E-state index contributed by atoms with van der Waals surface area (Å²) in [5.41, 5.74) is 2.53. The molecule has 0 aliphatic heterocycles. The van der Waals surface area contributed by atoms with Gasteiger partial charge in [-0.1, -0.05) is 42.5 Å². The smallest absolute Gasteiger partial charge is 0.336 e. The summed E-state index contributed by atoms with van der Waals surface area (Å²) in [4.78, 5) is 25.1. The summed E-state index contributed by atoms with van der Waals surface area (Å²) in [6, 6.07) is 21.9. The number of carbonyl (C=O) groups excluding carboxylic acids is 1. The van der Waals surface area contributed by atoms with Crippen molar-refractivity contribution in [2.75, 3.05) is 7.11 Å². The molecule has 1 aliphatic rings. The van der Waals surface area contributed by atoms with E-state index in [0.29, 0.717) is 44.9 Å². The zero-order valence-electron chi connectivity index (χ0n) is 18.4. The standard InChI is InChI=1S/C28H20O6/c1-31-22-9-5-8-18-12-23(33-27(18)22)21-15-26(29)32-25-13-19(16-6-3-2-4-7-16)24(14-20(21)25)34-28(30)17-10-11-17/h2-9,12-15,17H,10-11H2,1H3. The summed E-state index contributed by atoms with van der Waals surface area (Å²) in [6.07, 6.45) is 1.68. The molecule has 0 bridgehead atoms. The third-order valence-electron chi connectivity index (χ3n) is 6.04. The lowest BCUT2D eigenvalue weighted by atomic mass is 10.00. The molecule has 0 radical (unpaired) electrons. The highest BCUT2D eigenvalue weighted by Crippen LogP contribution is 2.41. The highest BCUT2D eigenvalue weighted by atomic mass is 16.5. The van der Waals surface area contributed by atoms with Crippen molar-refractivity contribution in [2.24, 2.45) is 5.92 Å². The van der Waals surface area contributed by atoms with Crippen LogP contribution in [0.5, 0.6) is 11.5 Å². The van der Waals surface area contributed by atoms with Gasteiger partial charge in [-0.05, 0) is 42.7 Å². The third kappa shape index (κ3) is 3.53. The van der Waals surface area contributed by atoms with E-state index in [0.717, 1.165) is 23.8 Å². The molecule has 0 spiro atoms. The molecule has 1 saturated carbocycles. The fourth-order valence-electron chi connectivity index (χ4n) is 4.16. The van der Waals surface area contributed by atoms with Gasteiger partial charge in [0, 0.05) is 28.0 Å². The number of hydrogen-bond donors (Lipinski definition) is 0. The van der Waals surface area contributed by atoms with Gasteiger partial charge in [-0.3, -0.25) is 4.79 Å². The summed E-state index contributed by atoms with van der Waals surface area (Å²) in [5.74, 6) is 1.20. The molecule has 2 aromatic heterocycles. The number of rotatable bonds is 5. The summed E-state index contributed by atoms with van der Waals surface area (Å²) < 4.78 is 22.9. The molecule has 2 heterocycles. The minimum Gasteiger partial charge on any atom is -0.493 e. The van der Waals surface area contributed by atoms with Crippen molar-refractivity contribution in [3.63, 3.8) is 0 Å². The van der Waals surface area contributed by atoms with Crippen molar-refractivity contribution in [3.05, 3.63) is 83.2 Å². The van der Waals surface area contributed by atoms with E-state index in [-0.39, 0.29) is 11.9 Å². The molecule has 0 saturated heterocycles. The Balaban J connectivity index is 1.59. The third-order valence-corrected chi connectivity index (χ3v) is 6.04. The van der Waals surface area contributed by atoms with Crippen LogP contribution in [0.4, 0.5) is 0 Å². The summed E-state index contributed by atoms with van der Waals surface area (Å²) in [7, 11) is 1.58. The van der Waals surface area contributed by atoms with E-state index in [1.807, 2.05) is 54.6 Å². The lowest BCUT2D eigenvalue weighted by molar-refractivity contribution is -0.135. The Bertz CT molecular complexity index is 1610. The van der Waals surface area contributed by atoms with E-state index in [9.17, 15) is 9.59 Å². The zero-order valence-corrected chi connectivity index (χ0v) is 18.4. The topological polar surface area (TPSA) is 78.9 Å². The Kier molecular flexibility index (Phi) is 4.73. The molecule has 0 N–H and O–H groups in total. The molecule has 5 aromatic rings. The second-order valence-corrected chi connectivity index (χ2v) is 8.37. The Morgan fingerprint density at radius 1 is 0.882 bits per heavy atom. The van der Waals surface area contributed by atoms with Crippen LogP contribution in [0.2, 0.25) is 0 Å². The fourth-order valence-corrected chi connectivity index (χ4v) is 4.16. The fraction of sp³-hybridized carbons (Fsp3) is 0.143. The molecule has 0 amide bonds. The summed E-state index contributed by atoms with van der Waals surface area (Å²) in [6.45, 7) is 0. The van der Waals surface area contributed by atoms with E-state index in [4.69, 9.17) is 18.3 Å². The number of furan rings is 1. The highest BCUT2D eigenvalue weighted by molar-refractivity contribution is 5.99. The van der Waals surface area contributed by atoms with Crippen molar-refractivity contribution in [3.8, 4) is 33.9 Å². The lowest BCUT2D eigenvalue weighted by Crippen LogP contribution is -2.10. The van der Waals surface area contributed by atoms with Gasteiger partial charge in [0.15, 0.2) is 11.3 Å². The molecule has 1 aliphatic carbocycles. The summed E-state index contributed by atoms with van der Waals surface area (Å²) >= 11 is 0. The lowest BCUT2D eigenvalue weighted by Gasteiger charge is -2.13. The van der Waals surface area contributed by atoms with E-state index in [1.54, 1.807) is 19.2 Å². The van der Waals surface area contributed by atoms with E-state index >= 15 is 0 Å². The van der Waals surface area contributed by atoms with Gasteiger partial charge in [-0.2, -0.15) is 0 Å². The Morgan fingerprint density at radius 2 is 1.71 bits per heavy atom. The monoisotopic (exact) mass is 452 g/mol. The predicted octanol–water partition coefficient (Wildman–Crippen LogP) is 6.20. The number of benzene rings is 3. The first kappa shape index (κ1) is 20.3. The number of fused-ring (bicyclic) bond motifs is 2. The Hall–Kier alpha value is -4.32. The van der Waals surface area contributed by atoms with Crippen LogP contribution in [-0.4, -0.2) is 13.1 Å². The van der Waals surface area contributed by atoms with Gasteiger partial charge in [0.25, 0.3) is 0 Å². The Morgan fingerprint density at radius 3 is 2.47 bits per heavy atom. The molecular weight excluding hydrogens is 432 g/mol. The van der Waals surface area contributed by atoms with Crippen LogP contribution in [0, 0.1) is 5.92 Å². The average Bonchev–Trinajstić information content (AvgIpc) is 3.62. The molecule has 0 atom stereocenters. The molecule has 168 valence electrons. The molecule has 0 unspecified atom stereocenters. The van der Waals surface area contributed by atoms with Gasteiger partial charge in [-0.15, -0.1) is 0 Å². The number of ether oxygens (including phenoxy) is 2. The minimum atomic E-state index is -0.503. The number of methoxy groups -OCH3 is 1.